The fourth-order valence-electron chi connectivity index (χ4n) is 2.02. The average Bonchev–Trinajstić information content (AvgIpc) is 2.40. The fraction of sp³-hybridized carbons (Fsp3) is 0.417. The molecule has 0 bridgehead atoms. The van der Waals surface area contributed by atoms with Crippen molar-refractivity contribution in [1.82, 2.24) is 4.90 Å². The molecular formula is C12H17N3O4S. The topological polar surface area (TPSA) is 102 Å². The lowest BCUT2D eigenvalue weighted by Gasteiger charge is -2.27. The van der Waals surface area contributed by atoms with Crippen molar-refractivity contribution in [2.24, 2.45) is 5.14 Å². The van der Waals surface area contributed by atoms with E-state index in [4.69, 9.17) is 9.88 Å². The van der Waals surface area contributed by atoms with Crippen molar-refractivity contribution in [3.05, 3.63) is 23.8 Å². The highest BCUT2D eigenvalue weighted by atomic mass is 32.2. The van der Waals surface area contributed by atoms with Crippen LogP contribution < -0.4 is 10.5 Å². The highest BCUT2D eigenvalue weighted by Crippen LogP contribution is 2.22. The van der Waals surface area contributed by atoms with Crippen molar-refractivity contribution in [1.29, 1.82) is 0 Å². The summed E-state index contributed by atoms with van der Waals surface area (Å²) in [6.45, 7) is 3.64. The number of primary sulfonamides is 1. The van der Waals surface area contributed by atoms with E-state index in [9.17, 15) is 13.2 Å². The summed E-state index contributed by atoms with van der Waals surface area (Å²) in [4.78, 5) is 13.7. The number of hydrogen-bond donors (Lipinski definition) is 2. The van der Waals surface area contributed by atoms with Crippen molar-refractivity contribution in [3.63, 3.8) is 0 Å². The Kier molecular flexibility index (Phi) is 4.26. The Bertz CT molecular complexity index is 609. The maximum atomic E-state index is 12.1. The van der Waals surface area contributed by atoms with Crippen LogP contribution in [0, 0.1) is 6.92 Å². The molecule has 0 atom stereocenters. The molecule has 1 saturated heterocycles. The maximum Gasteiger partial charge on any atom is 0.322 e. The SMILES string of the molecule is Cc1c(NC(=O)N2CCOCC2)cccc1S(N)(=O)=O. The highest BCUT2D eigenvalue weighted by molar-refractivity contribution is 7.89. The number of carbonyl (C=O) groups is 1. The van der Waals surface area contributed by atoms with Crippen LogP contribution in [0.2, 0.25) is 0 Å². The van der Waals surface area contributed by atoms with Crippen LogP contribution in [0.3, 0.4) is 0 Å². The number of nitrogens with zero attached hydrogens (tertiary/aromatic N) is 1. The number of nitrogens with one attached hydrogen (secondary N) is 1. The van der Waals surface area contributed by atoms with Gasteiger partial charge in [0.15, 0.2) is 0 Å². The first kappa shape index (κ1) is 14.8. The molecular weight excluding hydrogens is 282 g/mol. The molecule has 1 heterocycles. The summed E-state index contributed by atoms with van der Waals surface area (Å²) in [5.41, 5.74) is 0.865. The minimum atomic E-state index is -3.80. The molecule has 2 rings (SSSR count). The zero-order valence-corrected chi connectivity index (χ0v) is 11.9. The van der Waals surface area contributed by atoms with E-state index in [1.54, 1.807) is 24.0 Å². The van der Waals surface area contributed by atoms with Crippen molar-refractivity contribution in [2.75, 3.05) is 31.6 Å². The summed E-state index contributed by atoms with van der Waals surface area (Å²) in [6, 6.07) is 4.32. The second kappa shape index (κ2) is 5.78. The van der Waals surface area contributed by atoms with E-state index >= 15 is 0 Å². The average molecular weight is 299 g/mol. The van der Waals surface area contributed by atoms with Gasteiger partial charge in [0.2, 0.25) is 10.0 Å². The summed E-state index contributed by atoms with van der Waals surface area (Å²) in [6.07, 6.45) is 0. The minimum absolute atomic E-state index is 0.0114. The van der Waals surface area contributed by atoms with Crippen molar-refractivity contribution in [2.45, 2.75) is 11.8 Å². The van der Waals surface area contributed by atoms with E-state index in [-0.39, 0.29) is 10.9 Å². The van der Waals surface area contributed by atoms with Gasteiger partial charge in [-0.25, -0.2) is 18.4 Å². The van der Waals surface area contributed by atoms with Crippen LogP contribution >= 0.6 is 0 Å². The second-order valence-corrected chi connectivity index (χ2v) is 6.03. The third kappa shape index (κ3) is 3.27. The van der Waals surface area contributed by atoms with Crippen molar-refractivity contribution in [3.8, 4) is 0 Å². The Hall–Kier alpha value is -1.64. The van der Waals surface area contributed by atoms with Crippen LogP contribution in [-0.4, -0.2) is 45.7 Å². The van der Waals surface area contributed by atoms with E-state index in [2.05, 4.69) is 5.32 Å². The zero-order chi connectivity index (χ0) is 14.8. The Morgan fingerprint density at radius 3 is 2.60 bits per heavy atom. The molecule has 1 aromatic rings. The van der Waals surface area contributed by atoms with E-state index < -0.39 is 10.0 Å². The molecule has 0 aromatic heterocycles. The smallest absolute Gasteiger partial charge is 0.322 e. The van der Waals surface area contributed by atoms with Gasteiger partial charge < -0.3 is 15.0 Å². The number of ether oxygens (including phenoxy) is 1. The van der Waals surface area contributed by atoms with Gasteiger partial charge in [0, 0.05) is 18.8 Å². The predicted molar refractivity (Wildman–Crippen MR) is 74.0 cm³/mol. The highest BCUT2D eigenvalue weighted by Gasteiger charge is 2.19. The lowest BCUT2D eigenvalue weighted by Crippen LogP contribution is -2.43. The van der Waals surface area contributed by atoms with Gasteiger partial charge in [-0.15, -0.1) is 0 Å². The molecule has 1 aliphatic heterocycles. The molecule has 0 radical (unpaired) electrons. The normalized spacial score (nSPS) is 16.0. The van der Waals surface area contributed by atoms with Crippen LogP contribution in [0.25, 0.3) is 0 Å². The van der Waals surface area contributed by atoms with Gasteiger partial charge in [0.1, 0.15) is 0 Å². The van der Waals surface area contributed by atoms with Crippen LogP contribution in [0.15, 0.2) is 23.1 Å². The first-order chi connectivity index (χ1) is 9.39. The Morgan fingerprint density at radius 2 is 2.00 bits per heavy atom. The van der Waals surface area contributed by atoms with E-state index in [0.29, 0.717) is 37.6 Å². The summed E-state index contributed by atoms with van der Waals surface area (Å²) < 4.78 is 28.0. The predicted octanol–water partition coefficient (Wildman–Crippen LogP) is 0.507. The molecule has 2 amide bonds. The number of nitrogens with two attached hydrogens (primary N) is 1. The quantitative estimate of drug-likeness (QED) is 0.830. The van der Waals surface area contributed by atoms with Crippen LogP contribution in [0.5, 0.6) is 0 Å². The summed E-state index contributed by atoms with van der Waals surface area (Å²) in [7, 11) is -3.80. The Balaban J connectivity index is 2.19. The molecule has 0 saturated carbocycles. The van der Waals surface area contributed by atoms with E-state index in [0.717, 1.165) is 0 Å². The van der Waals surface area contributed by atoms with Crippen LogP contribution in [0.1, 0.15) is 5.56 Å². The zero-order valence-electron chi connectivity index (χ0n) is 11.1. The summed E-state index contributed by atoms with van der Waals surface area (Å²) >= 11 is 0. The monoisotopic (exact) mass is 299 g/mol. The summed E-state index contributed by atoms with van der Waals surface area (Å²) in [5.74, 6) is 0. The molecule has 0 aliphatic carbocycles. The Morgan fingerprint density at radius 1 is 1.35 bits per heavy atom. The number of sulfonamides is 1. The molecule has 1 aliphatic rings. The maximum absolute atomic E-state index is 12.1. The van der Waals surface area contributed by atoms with Gasteiger partial charge in [-0.3, -0.25) is 0 Å². The molecule has 1 fully saturated rings. The van der Waals surface area contributed by atoms with Gasteiger partial charge in [0.25, 0.3) is 0 Å². The van der Waals surface area contributed by atoms with Gasteiger partial charge in [-0.1, -0.05) is 6.07 Å². The number of urea groups is 1. The van der Waals surface area contributed by atoms with Gasteiger partial charge in [-0.05, 0) is 24.6 Å². The van der Waals surface area contributed by atoms with Crippen LogP contribution in [0.4, 0.5) is 10.5 Å². The molecule has 3 N–H and O–H groups in total. The molecule has 0 unspecified atom stereocenters. The van der Waals surface area contributed by atoms with Crippen molar-refractivity contribution < 1.29 is 17.9 Å². The third-order valence-corrected chi connectivity index (χ3v) is 4.19. The van der Waals surface area contributed by atoms with Gasteiger partial charge in [0.05, 0.1) is 18.1 Å². The molecule has 110 valence electrons. The molecule has 8 heteroatoms. The van der Waals surface area contributed by atoms with Crippen molar-refractivity contribution >= 4 is 21.7 Å². The lowest BCUT2D eigenvalue weighted by atomic mass is 10.2. The summed E-state index contributed by atoms with van der Waals surface area (Å²) in [5, 5.41) is 7.84. The molecule has 1 aromatic carbocycles. The lowest BCUT2D eigenvalue weighted by molar-refractivity contribution is 0.0564. The fourth-order valence-corrected chi connectivity index (χ4v) is 2.82. The number of anilines is 1. The third-order valence-electron chi connectivity index (χ3n) is 3.13. The largest absolute Gasteiger partial charge is 0.378 e. The first-order valence-electron chi connectivity index (χ1n) is 6.15. The standard InChI is InChI=1S/C12H17N3O4S/c1-9-10(3-2-4-11(9)20(13,17)18)14-12(16)15-5-7-19-8-6-15/h2-4H,5-8H2,1H3,(H,14,16)(H2,13,17,18). The van der Waals surface area contributed by atoms with E-state index in [1.807, 2.05) is 0 Å². The number of hydrogen-bond acceptors (Lipinski definition) is 4. The second-order valence-electron chi connectivity index (χ2n) is 4.50. The van der Waals surface area contributed by atoms with Gasteiger partial charge in [-0.2, -0.15) is 0 Å². The molecule has 20 heavy (non-hydrogen) atoms. The number of benzene rings is 1. The minimum Gasteiger partial charge on any atom is -0.378 e. The number of morpholine rings is 1. The van der Waals surface area contributed by atoms with E-state index in [1.165, 1.54) is 6.07 Å². The van der Waals surface area contributed by atoms with Gasteiger partial charge >= 0.3 is 6.03 Å². The molecule has 7 nitrogen and oxygen atoms in total. The first-order valence-corrected chi connectivity index (χ1v) is 7.70. The number of carbonyl (C=O) groups excluding carboxylic acids is 1. The molecule has 0 spiro atoms. The number of rotatable bonds is 2. The Labute approximate surface area is 117 Å². The number of amides is 2. The van der Waals surface area contributed by atoms with Crippen LogP contribution in [-0.2, 0) is 14.8 Å².